The number of aliphatic hydroxyl groups excluding tert-OH is 1. The molecule has 0 bridgehead atoms. The molecule has 0 aliphatic carbocycles. The molecule has 1 atom stereocenters. The van der Waals surface area contributed by atoms with Crippen LogP contribution in [0.15, 0.2) is 42.5 Å². The monoisotopic (exact) mass is 339 g/mol. The quantitative estimate of drug-likeness (QED) is 0.680. The van der Waals surface area contributed by atoms with Crippen LogP contribution in [0.3, 0.4) is 0 Å². The predicted octanol–water partition coefficient (Wildman–Crippen LogP) is 4.12. The Morgan fingerprint density at radius 3 is 2.72 bits per heavy atom. The van der Waals surface area contributed by atoms with Gasteiger partial charge < -0.3 is 19.7 Å². The van der Waals surface area contributed by atoms with Gasteiger partial charge in [-0.2, -0.15) is 0 Å². The third-order valence-corrected chi connectivity index (χ3v) is 4.30. The fourth-order valence-electron chi connectivity index (χ4n) is 3.16. The first kappa shape index (κ1) is 17.3. The zero-order valence-electron chi connectivity index (χ0n) is 15.0. The van der Waals surface area contributed by atoms with Crippen molar-refractivity contribution in [2.45, 2.75) is 40.0 Å². The summed E-state index contributed by atoms with van der Waals surface area (Å²) in [6.07, 6.45) is 0. The molecule has 132 valence electrons. The molecule has 0 saturated heterocycles. The van der Waals surface area contributed by atoms with Gasteiger partial charge in [-0.15, -0.1) is 0 Å². The number of hydrogen-bond donors (Lipinski definition) is 2. The van der Waals surface area contributed by atoms with E-state index in [2.05, 4.69) is 29.8 Å². The third kappa shape index (κ3) is 3.46. The first-order valence-corrected chi connectivity index (χ1v) is 8.76. The largest absolute Gasteiger partial charge is 0.494 e. The topological polar surface area (TPSA) is 59.3 Å². The second kappa shape index (κ2) is 7.57. The summed E-state index contributed by atoms with van der Waals surface area (Å²) in [6.45, 7) is 7.56. The van der Waals surface area contributed by atoms with Crippen LogP contribution in [0.1, 0.15) is 38.2 Å². The van der Waals surface area contributed by atoms with Crippen LogP contribution in [-0.2, 0) is 13.2 Å². The number of benzene rings is 2. The highest BCUT2D eigenvalue weighted by Gasteiger charge is 2.16. The molecule has 1 heterocycles. The van der Waals surface area contributed by atoms with Gasteiger partial charge in [0.05, 0.1) is 30.3 Å². The van der Waals surface area contributed by atoms with Crippen molar-refractivity contribution in [3.63, 3.8) is 0 Å². The van der Waals surface area contributed by atoms with E-state index in [1.54, 1.807) is 0 Å². The summed E-state index contributed by atoms with van der Waals surface area (Å²) in [5, 5.41) is 13.1. The number of anilines is 1. The van der Waals surface area contributed by atoms with E-state index in [1.165, 1.54) is 0 Å². The second-order valence-electron chi connectivity index (χ2n) is 5.98. The van der Waals surface area contributed by atoms with Crippen molar-refractivity contribution in [2.24, 2.45) is 0 Å². The van der Waals surface area contributed by atoms with Gasteiger partial charge >= 0.3 is 0 Å². The predicted molar refractivity (Wildman–Crippen MR) is 101 cm³/mol. The standard InChI is InChI=1S/C20H25N3O2/c1-4-23-18-9-7-6-8-17(18)22-20(23)14(3)21-16-10-11-19(25-5-2)15(12-16)13-24/h6-12,14,21,24H,4-5,13H2,1-3H3. The SMILES string of the molecule is CCOc1ccc(NC(C)c2nc3ccccc3n2CC)cc1CO. The summed E-state index contributed by atoms with van der Waals surface area (Å²) in [4.78, 5) is 4.80. The van der Waals surface area contributed by atoms with Gasteiger partial charge in [0.25, 0.3) is 0 Å². The average Bonchev–Trinajstić information content (AvgIpc) is 3.02. The Balaban J connectivity index is 1.88. The van der Waals surface area contributed by atoms with E-state index in [9.17, 15) is 5.11 Å². The Morgan fingerprint density at radius 2 is 2.00 bits per heavy atom. The minimum atomic E-state index is -0.0489. The van der Waals surface area contributed by atoms with Crippen molar-refractivity contribution >= 4 is 16.7 Å². The highest BCUT2D eigenvalue weighted by atomic mass is 16.5. The minimum Gasteiger partial charge on any atom is -0.494 e. The van der Waals surface area contributed by atoms with E-state index in [-0.39, 0.29) is 12.6 Å². The molecule has 25 heavy (non-hydrogen) atoms. The first-order valence-electron chi connectivity index (χ1n) is 8.76. The molecule has 0 aliphatic rings. The van der Waals surface area contributed by atoms with Gasteiger partial charge in [0.15, 0.2) is 0 Å². The van der Waals surface area contributed by atoms with Crippen LogP contribution in [0.2, 0.25) is 0 Å². The molecule has 3 aromatic rings. The number of aliphatic hydroxyl groups is 1. The molecule has 1 unspecified atom stereocenters. The van der Waals surface area contributed by atoms with Gasteiger partial charge in [-0.05, 0) is 51.1 Å². The maximum Gasteiger partial charge on any atom is 0.132 e. The molecule has 2 N–H and O–H groups in total. The molecule has 5 heteroatoms. The summed E-state index contributed by atoms with van der Waals surface area (Å²) >= 11 is 0. The van der Waals surface area contributed by atoms with Crippen LogP contribution >= 0.6 is 0 Å². The lowest BCUT2D eigenvalue weighted by Gasteiger charge is -2.18. The summed E-state index contributed by atoms with van der Waals surface area (Å²) in [5.41, 5.74) is 3.88. The van der Waals surface area contributed by atoms with E-state index in [0.29, 0.717) is 6.61 Å². The average molecular weight is 339 g/mol. The summed E-state index contributed by atoms with van der Waals surface area (Å²) in [7, 11) is 0. The zero-order valence-corrected chi connectivity index (χ0v) is 15.0. The smallest absolute Gasteiger partial charge is 0.132 e. The Hall–Kier alpha value is -2.53. The molecular weight excluding hydrogens is 314 g/mol. The van der Waals surface area contributed by atoms with Crippen molar-refractivity contribution < 1.29 is 9.84 Å². The third-order valence-electron chi connectivity index (χ3n) is 4.30. The van der Waals surface area contributed by atoms with E-state index < -0.39 is 0 Å². The van der Waals surface area contributed by atoms with Crippen molar-refractivity contribution in [3.8, 4) is 5.75 Å². The molecule has 0 fully saturated rings. The number of ether oxygens (including phenoxy) is 1. The number of fused-ring (bicyclic) bond motifs is 1. The van der Waals surface area contributed by atoms with Crippen LogP contribution in [0.5, 0.6) is 5.75 Å². The molecule has 1 aromatic heterocycles. The van der Waals surface area contributed by atoms with Gasteiger partial charge in [-0.3, -0.25) is 0 Å². The van der Waals surface area contributed by atoms with E-state index in [0.717, 1.165) is 40.4 Å². The number of para-hydroxylation sites is 2. The number of aromatic nitrogens is 2. The zero-order chi connectivity index (χ0) is 17.8. The van der Waals surface area contributed by atoms with Crippen molar-refractivity contribution in [1.29, 1.82) is 0 Å². The lowest BCUT2D eigenvalue weighted by molar-refractivity contribution is 0.267. The van der Waals surface area contributed by atoms with E-state index in [1.807, 2.05) is 43.3 Å². The van der Waals surface area contributed by atoms with Crippen molar-refractivity contribution in [1.82, 2.24) is 9.55 Å². The Labute approximate surface area is 148 Å². The molecule has 0 spiro atoms. The van der Waals surface area contributed by atoms with Gasteiger partial charge in [-0.1, -0.05) is 12.1 Å². The molecule has 2 aromatic carbocycles. The van der Waals surface area contributed by atoms with Crippen molar-refractivity contribution in [2.75, 3.05) is 11.9 Å². The van der Waals surface area contributed by atoms with Crippen LogP contribution in [-0.4, -0.2) is 21.3 Å². The summed E-state index contributed by atoms with van der Waals surface area (Å²) < 4.78 is 7.78. The number of imidazole rings is 1. The summed E-state index contributed by atoms with van der Waals surface area (Å²) in [5.74, 6) is 1.73. The lowest BCUT2D eigenvalue weighted by Crippen LogP contribution is -2.13. The highest BCUT2D eigenvalue weighted by Crippen LogP contribution is 2.27. The Bertz CT molecular complexity index is 857. The Morgan fingerprint density at radius 1 is 1.20 bits per heavy atom. The number of rotatable bonds is 7. The van der Waals surface area contributed by atoms with Crippen LogP contribution in [0.4, 0.5) is 5.69 Å². The van der Waals surface area contributed by atoms with Gasteiger partial charge in [-0.25, -0.2) is 4.98 Å². The molecular formula is C20H25N3O2. The van der Waals surface area contributed by atoms with Gasteiger partial charge in [0.1, 0.15) is 11.6 Å². The van der Waals surface area contributed by atoms with E-state index >= 15 is 0 Å². The number of nitrogens with one attached hydrogen (secondary N) is 1. The normalized spacial score (nSPS) is 12.3. The molecule has 0 radical (unpaired) electrons. The van der Waals surface area contributed by atoms with Crippen LogP contribution < -0.4 is 10.1 Å². The van der Waals surface area contributed by atoms with Gasteiger partial charge in [0.2, 0.25) is 0 Å². The number of nitrogens with zero attached hydrogens (tertiary/aromatic N) is 2. The molecule has 0 saturated carbocycles. The second-order valence-corrected chi connectivity index (χ2v) is 5.98. The highest BCUT2D eigenvalue weighted by molar-refractivity contribution is 5.76. The maximum atomic E-state index is 9.57. The first-order chi connectivity index (χ1) is 12.2. The van der Waals surface area contributed by atoms with Crippen LogP contribution in [0.25, 0.3) is 11.0 Å². The molecule has 0 amide bonds. The van der Waals surface area contributed by atoms with E-state index in [4.69, 9.17) is 9.72 Å². The van der Waals surface area contributed by atoms with Gasteiger partial charge in [0, 0.05) is 17.8 Å². The Kier molecular flexibility index (Phi) is 5.24. The lowest BCUT2D eigenvalue weighted by atomic mass is 10.1. The van der Waals surface area contributed by atoms with Crippen LogP contribution in [0, 0.1) is 0 Å². The molecule has 0 aliphatic heterocycles. The molecule has 3 rings (SSSR count). The number of hydrogen-bond acceptors (Lipinski definition) is 4. The number of aryl methyl sites for hydroxylation is 1. The fourth-order valence-corrected chi connectivity index (χ4v) is 3.16. The summed E-state index contributed by atoms with van der Waals surface area (Å²) in [6, 6.07) is 14.0. The fraction of sp³-hybridized carbons (Fsp3) is 0.350. The van der Waals surface area contributed by atoms with Crippen molar-refractivity contribution in [3.05, 3.63) is 53.9 Å². The minimum absolute atomic E-state index is 0.0387. The molecule has 5 nitrogen and oxygen atoms in total. The maximum absolute atomic E-state index is 9.57.